The van der Waals surface area contributed by atoms with Crippen LogP contribution in [0.4, 0.5) is 11.4 Å². The van der Waals surface area contributed by atoms with Crippen molar-refractivity contribution in [1.82, 2.24) is 0 Å². The Kier molecular flexibility index (Phi) is 6.19. The standard InChI is InChI=1S/C15H24N2O2/c1-4-5-6-9-17-14-8-7-12(16)10-13(14)15(18)19-11(2)3/h7-8,10-11,17H,4-6,9,16H2,1-3H3. The van der Waals surface area contributed by atoms with E-state index >= 15 is 0 Å². The number of hydrogen-bond donors (Lipinski definition) is 2. The fourth-order valence-corrected chi connectivity index (χ4v) is 1.76. The lowest BCUT2D eigenvalue weighted by Gasteiger charge is -2.14. The van der Waals surface area contributed by atoms with Crippen LogP contribution in [0.2, 0.25) is 0 Å². The summed E-state index contributed by atoms with van der Waals surface area (Å²) in [6.07, 6.45) is 3.29. The Hall–Kier alpha value is -1.71. The topological polar surface area (TPSA) is 64.3 Å². The molecule has 0 aromatic heterocycles. The van der Waals surface area contributed by atoms with Gasteiger partial charge in [-0.2, -0.15) is 0 Å². The van der Waals surface area contributed by atoms with Gasteiger partial charge in [0.05, 0.1) is 11.7 Å². The molecule has 0 radical (unpaired) electrons. The van der Waals surface area contributed by atoms with E-state index < -0.39 is 0 Å². The summed E-state index contributed by atoms with van der Waals surface area (Å²) in [6.45, 7) is 6.67. The van der Waals surface area contributed by atoms with E-state index in [9.17, 15) is 4.79 Å². The first kappa shape index (κ1) is 15.3. The number of nitrogens with one attached hydrogen (secondary N) is 1. The summed E-state index contributed by atoms with van der Waals surface area (Å²) < 4.78 is 5.22. The van der Waals surface area contributed by atoms with E-state index in [2.05, 4.69) is 12.2 Å². The molecule has 1 rings (SSSR count). The highest BCUT2D eigenvalue weighted by Gasteiger charge is 2.14. The van der Waals surface area contributed by atoms with Crippen LogP contribution in [0.3, 0.4) is 0 Å². The Morgan fingerprint density at radius 3 is 2.74 bits per heavy atom. The van der Waals surface area contributed by atoms with Crippen molar-refractivity contribution in [3.63, 3.8) is 0 Å². The van der Waals surface area contributed by atoms with Crippen LogP contribution in [-0.4, -0.2) is 18.6 Å². The molecule has 0 aliphatic heterocycles. The predicted octanol–water partition coefficient (Wildman–Crippen LogP) is 3.44. The molecule has 19 heavy (non-hydrogen) atoms. The third-order valence-corrected chi connectivity index (χ3v) is 2.70. The zero-order chi connectivity index (χ0) is 14.3. The van der Waals surface area contributed by atoms with Gasteiger partial charge in [-0.25, -0.2) is 4.79 Å². The summed E-state index contributed by atoms with van der Waals surface area (Å²) in [7, 11) is 0. The Morgan fingerprint density at radius 2 is 2.11 bits per heavy atom. The van der Waals surface area contributed by atoms with Crippen LogP contribution in [0.1, 0.15) is 50.4 Å². The molecule has 1 aromatic carbocycles. The molecule has 106 valence electrons. The van der Waals surface area contributed by atoms with Crippen molar-refractivity contribution >= 4 is 17.3 Å². The van der Waals surface area contributed by atoms with E-state index in [4.69, 9.17) is 10.5 Å². The van der Waals surface area contributed by atoms with E-state index in [0.717, 1.165) is 18.7 Å². The summed E-state index contributed by atoms with van der Waals surface area (Å²) >= 11 is 0. The highest BCUT2D eigenvalue weighted by Crippen LogP contribution is 2.20. The van der Waals surface area contributed by atoms with E-state index in [0.29, 0.717) is 11.3 Å². The zero-order valence-corrected chi connectivity index (χ0v) is 12.0. The lowest BCUT2D eigenvalue weighted by molar-refractivity contribution is 0.0379. The van der Waals surface area contributed by atoms with E-state index in [1.54, 1.807) is 12.1 Å². The molecule has 0 unspecified atom stereocenters. The van der Waals surface area contributed by atoms with Crippen molar-refractivity contribution in [2.45, 2.75) is 46.1 Å². The molecule has 0 fully saturated rings. The lowest BCUT2D eigenvalue weighted by Crippen LogP contribution is -2.15. The average Bonchev–Trinajstić information content (AvgIpc) is 2.35. The van der Waals surface area contributed by atoms with Crippen LogP contribution in [0.15, 0.2) is 18.2 Å². The maximum Gasteiger partial charge on any atom is 0.340 e. The second kappa shape index (κ2) is 7.67. The minimum Gasteiger partial charge on any atom is -0.459 e. The monoisotopic (exact) mass is 264 g/mol. The number of anilines is 2. The van der Waals surface area contributed by atoms with E-state index in [-0.39, 0.29) is 12.1 Å². The van der Waals surface area contributed by atoms with Gasteiger partial charge in [-0.1, -0.05) is 19.8 Å². The molecule has 0 heterocycles. The molecular formula is C15H24N2O2. The molecule has 0 aliphatic carbocycles. The molecule has 4 heteroatoms. The number of hydrogen-bond acceptors (Lipinski definition) is 4. The van der Waals surface area contributed by atoms with Crippen LogP contribution >= 0.6 is 0 Å². The summed E-state index contributed by atoms with van der Waals surface area (Å²) in [4.78, 5) is 12.0. The molecule has 0 saturated heterocycles. The SMILES string of the molecule is CCCCCNc1ccc(N)cc1C(=O)OC(C)C. The van der Waals surface area contributed by atoms with Crippen molar-refractivity contribution < 1.29 is 9.53 Å². The van der Waals surface area contributed by atoms with E-state index in [1.165, 1.54) is 12.8 Å². The van der Waals surface area contributed by atoms with Crippen molar-refractivity contribution in [2.24, 2.45) is 0 Å². The quantitative estimate of drug-likeness (QED) is 0.450. The largest absolute Gasteiger partial charge is 0.459 e. The smallest absolute Gasteiger partial charge is 0.340 e. The van der Waals surface area contributed by atoms with Crippen LogP contribution in [0, 0.1) is 0 Å². The molecule has 1 aromatic rings. The number of esters is 1. The summed E-state index contributed by atoms with van der Waals surface area (Å²) in [5, 5.41) is 3.27. The minimum absolute atomic E-state index is 0.137. The van der Waals surface area contributed by atoms with Crippen molar-refractivity contribution in [2.75, 3.05) is 17.6 Å². The van der Waals surface area contributed by atoms with Crippen LogP contribution < -0.4 is 11.1 Å². The molecule has 0 aliphatic rings. The lowest BCUT2D eigenvalue weighted by atomic mass is 10.1. The minimum atomic E-state index is -0.333. The fraction of sp³-hybridized carbons (Fsp3) is 0.533. The van der Waals surface area contributed by atoms with Gasteiger partial charge < -0.3 is 15.8 Å². The number of unbranched alkanes of at least 4 members (excludes halogenated alkanes) is 2. The van der Waals surface area contributed by atoms with Crippen LogP contribution in [0.5, 0.6) is 0 Å². The Bertz CT molecular complexity index is 417. The van der Waals surface area contributed by atoms with Gasteiger partial charge >= 0.3 is 5.97 Å². The van der Waals surface area contributed by atoms with Gasteiger partial charge in [0.25, 0.3) is 0 Å². The van der Waals surface area contributed by atoms with Gasteiger partial charge in [-0.3, -0.25) is 0 Å². The molecule has 0 bridgehead atoms. The third kappa shape index (κ3) is 5.20. The Labute approximate surface area is 115 Å². The van der Waals surface area contributed by atoms with Crippen molar-refractivity contribution in [3.8, 4) is 0 Å². The first-order valence-corrected chi connectivity index (χ1v) is 6.89. The average molecular weight is 264 g/mol. The van der Waals surface area contributed by atoms with E-state index in [1.807, 2.05) is 19.9 Å². The predicted molar refractivity (Wildman–Crippen MR) is 79.4 cm³/mol. The van der Waals surface area contributed by atoms with Crippen molar-refractivity contribution in [1.29, 1.82) is 0 Å². The maximum atomic E-state index is 12.0. The number of nitrogen functional groups attached to an aromatic ring is 1. The van der Waals surface area contributed by atoms with Crippen molar-refractivity contribution in [3.05, 3.63) is 23.8 Å². The number of benzene rings is 1. The van der Waals surface area contributed by atoms with Gasteiger partial charge in [-0.05, 0) is 38.5 Å². The summed E-state index contributed by atoms with van der Waals surface area (Å²) in [6, 6.07) is 5.28. The Morgan fingerprint density at radius 1 is 1.37 bits per heavy atom. The Balaban J connectivity index is 2.76. The normalized spacial score (nSPS) is 10.5. The van der Waals surface area contributed by atoms with Gasteiger partial charge in [-0.15, -0.1) is 0 Å². The first-order chi connectivity index (χ1) is 9.04. The molecule has 0 atom stereocenters. The second-order valence-corrected chi connectivity index (χ2v) is 4.89. The number of carbonyl (C=O) groups excluding carboxylic acids is 1. The second-order valence-electron chi connectivity index (χ2n) is 4.89. The van der Waals surface area contributed by atoms with Crippen LogP contribution in [-0.2, 0) is 4.74 Å². The number of ether oxygens (including phenoxy) is 1. The molecule has 4 nitrogen and oxygen atoms in total. The maximum absolute atomic E-state index is 12.0. The van der Waals surface area contributed by atoms with Gasteiger partial charge in [0.1, 0.15) is 0 Å². The number of rotatable bonds is 7. The van der Waals surface area contributed by atoms with Crippen LogP contribution in [0.25, 0.3) is 0 Å². The van der Waals surface area contributed by atoms with Gasteiger partial charge in [0.15, 0.2) is 0 Å². The molecular weight excluding hydrogens is 240 g/mol. The third-order valence-electron chi connectivity index (χ3n) is 2.70. The fourth-order valence-electron chi connectivity index (χ4n) is 1.76. The molecule has 0 amide bonds. The highest BCUT2D eigenvalue weighted by atomic mass is 16.5. The molecule has 0 spiro atoms. The molecule has 3 N–H and O–H groups in total. The number of nitrogens with two attached hydrogens (primary N) is 1. The number of carbonyl (C=O) groups is 1. The molecule has 0 saturated carbocycles. The first-order valence-electron chi connectivity index (χ1n) is 6.89. The summed E-state index contributed by atoms with van der Waals surface area (Å²) in [5.41, 5.74) is 7.59. The highest BCUT2D eigenvalue weighted by molar-refractivity contribution is 5.96. The summed E-state index contributed by atoms with van der Waals surface area (Å²) in [5.74, 6) is -0.333. The van der Waals surface area contributed by atoms with Gasteiger partial charge in [0, 0.05) is 17.9 Å². The zero-order valence-electron chi connectivity index (χ0n) is 12.0. The van der Waals surface area contributed by atoms with Gasteiger partial charge in [0.2, 0.25) is 0 Å².